The minimum atomic E-state index is -0.331. The molecule has 0 aliphatic heterocycles. The summed E-state index contributed by atoms with van der Waals surface area (Å²) in [5, 5.41) is 9.61. The van der Waals surface area contributed by atoms with Crippen LogP contribution < -0.4 is 11.1 Å². The molecule has 18 heavy (non-hydrogen) atoms. The fourth-order valence-corrected chi connectivity index (χ4v) is 1.34. The van der Waals surface area contributed by atoms with Gasteiger partial charge in [-0.05, 0) is 12.8 Å². The monoisotopic (exact) mass is 255 g/mol. The normalized spacial score (nSPS) is 10.8. The van der Waals surface area contributed by atoms with E-state index in [1.165, 1.54) is 7.11 Å². The maximum absolute atomic E-state index is 11.4. The van der Waals surface area contributed by atoms with Crippen molar-refractivity contribution in [3.63, 3.8) is 0 Å². The summed E-state index contributed by atoms with van der Waals surface area (Å²) in [6, 6.07) is 0. The summed E-state index contributed by atoms with van der Waals surface area (Å²) in [4.78, 5) is 22.2. The third-order valence-electron chi connectivity index (χ3n) is 2.42. The number of hydrogen-bond acceptors (Lipinski definition) is 5. The molecule has 0 rings (SSSR count). The minimum Gasteiger partial charge on any atom is -0.469 e. The molecule has 0 radical (unpaired) electrons. The number of carbonyl (C=O) groups is 2. The fraction of sp³-hybridized carbons (Fsp3) is 0.583. The Hall–Kier alpha value is -1.85. The van der Waals surface area contributed by atoms with E-state index in [4.69, 9.17) is 11.1 Å². The van der Waals surface area contributed by atoms with Crippen LogP contribution >= 0.6 is 0 Å². The van der Waals surface area contributed by atoms with Gasteiger partial charge in [-0.25, -0.2) is 0 Å². The molecule has 0 atom stereocenters. The molecule has 0 aliphatic rings. The second kappa shape index (κ2) is 10.3. The van der Waals surface area contributed by atoms with E-state index in [0.717, 1.165) is 38.1 Å². The number of amides is 1. The van der Waals surface area contributed by atoms with Gasteiger partial charge in [0, 0.05) is 25.4 Å². The second-order valence-electron chi connectivity index (χ2n) is 3.76. The van der Waals surface area contributed by atoms with Crippen molar-refractivity contribution in [3.05, 3.63) is 11.8 Å². The molecule has 6 heteroatoms. The third-order valence-corrected chi connectivity index (χ3v) is 2.42. The van der Waals surface area contributed by atoms with E-state index in [2.05, 4.69) is 10.1 Å². The Balaban J connectivity index is 3.49. The third kappa shape index (κ3) is 7.43. The van der Waals surface area contributed by atoms with Crippen LogP contribution in [0.4, 0.5) is 0 Å². The second-order valence-corrected chi connectivity index (χ2v) is 3.76. The lowest BCUT2D eigenvalue weighted by Crippen LogP contribution is -2.27. The molecule has 102 valence electrons. The maximum Gasteiger partial charge on any atom is 0.305 e. The van der Waals surface area contributed by atoms with Gasteiger partial charge in [0.1, 0.15) is 0 Å². The van der Waals surface area contributed by atoms with Crippen molar-refractivity contribution in [2.75, 3.05) is 13.7 Å². The van der Waals surface area contributed by atoms with Gasteiger partial charge in [0.15, 0.2) is 0 Å². The number of nitrogens with one attached hydrogen (secondary N) is 2. The zero-order valence-electron chi connectivity index (χ0n) is 10.7. The van der Waals surface area contributed by atoms with Crippen molar-refractivity contribution >= 4 is 18.1 Å². The van der Waals surface area contributed by atoms with Crippen LogP contribution in [-0.2, 0) is 14.3 Å². The van der Waals surface area contributed by atoms with Crippen LogP contribution in [-0.4, -0.2) is 31.7 Å². The standard InChI is InChI=1S/C12H21N3O3/c1-18-11(16)6-4-2-3-5-7-15-12(17)10(8-13)9-14/h8-9,13H,2-7,14H2,1H3,(H,15,17)/b10-9+,13-8?. The Morgan fingerprint density at radius 3 is 2.50 bits per heavy atom. The number of unbranched alkanes of at least 4 members (excludes halogenated alkanes) is 3. The van der Waals surface area contributed by atoms with Crippen LogP contribution in [0.15, 0.2) is 11.8 Å². The molecule has 0 unspecified atom stereocenters. The van der Waals surface area contributed by atoms with Gasteiger partial charge >= 0.3 is 5.97 Å². The van der Waals surface area contributed by atoms with Crippen LogP contribution in [0.5, 0.6) is 0 Å². The molecular formula is C12H21N3O3. The predicted molar refractivity (Wildman–Crippen MR) is 69.2 cm³/mol. The van der Waals surface area contributed by atoms with Crippen LogP contribution in [0.25, 0.3) is 0 Å². The van der Waals surface area contributed by atoms with Crippen molar-refractivity contribution in [2.45, 2.75) is 32.1 Å². The molecule has 0 bridgehead atoms. The summed E-state index contributed by atoms with van der Waals surface area (Å²) in [5.74, 6) is -0.519. The highest BCUT2D eigenvalue weighted by atomic mass is 16.5. The Bertz CT molecular complexity index is 314. The molecule has 0 aliphatic carbocycles. The van der Waals surface area contributed by atoms with Crippen LogP contribution in [0.3, 0.4) is 0 Å². The lowest BCUT2D eigenvalue weighted by molar-refractivity contribution is -0.140. The Morgan fingerprint density at radius 2 is 1.94 bits per heavy atom. The number of methoxy groups -OCH3 is 1. The first-order chi connectivity index (χ1) is 8.65. The van der Waals surface area contributed by atoms with Crippen LogP contribution in [0.2, 0.25) is 0 Å². The molecule has 1 amide bonds. The first kappa shape index (κ1) is 16.1. The quantitative estimate of drug-likeness (QED) is 0.244. The maximum atomic E-state index is 11.4. The van der Waals surface area contributed by atoms with E-state index in [0.29, 0.717) is 13.0 Å². The van der Waals surface area contributed by atoms with Crippen molar-refractivity contribution in [3.8, 4) is 0 Å². The number of nitrogens with two attached hydrogens (primary N) is 1. The molecule has 0 fully saturated rings. The summed E-state index contributed by atoms with van der Waals surface area (Å²) < 4.78 is 4.53. The topological polar surface area (TPSA) is 105 Å². The summed E-state index contributed by atoms with van der Waals surface area (Å²) >= 11 is 0. The first-order valence-electron chi connectivity index (χ1n) is 5.93. The first-order valence-corrected chi connectivity index (χ1v) is 5.93. The van der Waals surface area contributed by atoms with Gasteiger partial charge < -0.3 is 21.2 Å². The zero-order valence-corrected chi connectivity index (χ0v) is 10.7. The highest BCUT2D eigenvalue weighted by Gasteiger charge is 2.04. The predicted octanol–water partition coefficient (Wildman–Crippen LogP) is 0.718. The van der Waals surface area contributed by atoms with Crippen molar-refractivity contribution in [1.29, 1.82) is 5.41 Å². The molecule has 0 saturated heterocycles. The molecule has 0 aromatic heterocycles. The number of ether oxygens (including phenoxy) is 1. The van der Waals surface area contributed by atoms with E-state index < -0.39 is 0 Å². The summed E-state index contributed by atoms with van der Waals surface area (Å²) in [5.41, 5.74) is 5.33. The highest BCUT2D eigenvalue weighted by molar-refractivity contribution is 6.11. The van der Waals surface area contributed by atoms with Crippen LogP contribution in [0.1, 0.15) is 32.1 Å². The van der Waals surface area contributed by atoms with Crippen LogP contribution in [0, 0.1) is 5.41 Å². The lowest BCUT2D eigenvalue weighted by Gasteiger charge is -2.04. The molecular weight excluding hydrogens is 234 g/mol. The van der Waals surface area contributed by atoms with E-state index >= 15 is 0 Å². The average Bonchev–Trinajstić information content (AvgIpc) is 2.38. The van der Waals surface area contributed by atoms with Gasteiger partial charge in [-0.2, -0.15) is 0 Å². The smallest absolute Gasteiger partial charge is 0.305 e. The average molecular weight is 255 g/mol. The molecule has 0 spiro atoms. The van der Waals surface area contributed by atoms with Crippen molar-refractivity contribution in [1.82, 2.24) is 5.32 Å². The fourth-order valence-electron chi connectivity index (χ4n) is 1.34. The minimum absolute atomic E-state index is 0.153. The van der Waals surface area contributed by atoms with Gasteiger partial charge in [0.2, 0.25) is 0 Å². The highest BCUT2D eigenvalue weighted by Crippen LogP contribution is 2.03. The van der Waals surface area contributed by atoms with Crippen molar-refractivity contribution in [2.24, 2.45) is 5.73 Å². The Morgan fingerprint density at radius 1 is 1.28 bits per heavy atom. The number of rotatable bonds is 9. The molecule has 4 N–H and O–H groups in total. The zero-order chi connectivity index (χ0) is 13.8. The molecule has 0 aromatic rings. The Kier molecular flexibility index (Phi) is 9.25. The number of esters is 1. The van der Waals surface area contributed by atoms with E-state index in [1.807, 2.05) is 0 Å². The van der Waals surface area contributed by atoms with Crippen molar-refractivity contribution < 1.29 is 14.3 Å². The van der Waals surface area contributed by atoms with Gasteiger partial charge in [-0.15, -0.1) is 0 Å². The largest absolute Gasteiger partial charge is 0.469 e. The summed E-state index contributed by atoms with van der Waals surface area (Å²) in [7, 11) is 1.38. The SMILES string of the molecule is COC(=O)CCCCCCNC(=O)/C(C=N)=C/N. The van der Waals surface area contributed by atoms with Gasteiger partial charge in [-0.3, -0.25) is 9.59 Å². The van der Waals surface area contributed by atoms with E-state index in [-0.39, 0.29) is 17.4 Å². The van der Waals surface area contributed by atoms with E-state index in [9.17, 15) is 9.59 Å². The molecule has 0 saturated carbocycles. The van der Waals surface area contributed by atoms with E-state index in [1.54, 1.807) is 0 Å². The Labute approximate surface area is 107 Å². The molecule has 0 aromatic carbocycles. The summed E-state index contributed by atoms with van der Waals surface area (Å²) in [6.07, 6.45) is 5.97. The molecule has 0 heterocycles. The van der Waals surface area contributed by atoms with Gasteiger partial charge in [-0.1, -0.05) is 12.8 Å². The number of carbonyl (C=O) groups excluding carboxylic acids is 2. The summed E-state index contributed by atoms with van der Waals surface area (Å²) in [6.45, 7) is 0.544. The van der Waals surface area contributed by atoms with Gasteiger partial charge in [0.25, 0.3) is 5.91 Å². The number of hydrogen-bond donors (Lipinski definition) is 3. The lowest BCUT2D eigenvalue weighted by atomic mass is 10.1. The van der Waals surface area contributed by atoms with Gasteiger partial charge in [0.05, 0.1) is 12.7 Å². The molecule has 6 nitrogen and oxygen atoms in total.